The lowest BCUT2D eigenvalue weighted by Gasteiger charge is -2.06. The minimum Gasteiger partial charge on any atom is -0.348 e. The van der Waals surface area contributed by atoms with Crippen molar-refractivity contribution in [3.8, 4) is 0 Å². The van der Waals surface area contributed by atoms with Crippen molar-refractivity contribution < 1.29 is 9.18 Å². The normalized spacial score (nSPS) is 10.5. The van der Waals surface area contributed by atoms with E-state index in [4.69, 9.17) is 0 Å². The van der Waals surface area contributed by atoms with Gasteiger partial charge in [-0.2, -0.15) is 0 Å². The lowest BCUT2D eigenvalue weighted by molar-refractivity contribution is 0.0951. The summed E-state index contributed by atoms with van der Waals surface area (Å²) in [6.07, 6.45) is 1.71. The number of nitrogens with zero attached hydrogens (tertiary/aromatic N) is 1. The topological polar surface area (TPSA) is 42.0 Å². The van der Waals surface area contributed by atoms with Gasteiger partial charge < -0.3 is 5.32 Å². The first-order valence-electron chi connectivity index (χ1n) is 6.60. The number of rotatable bonds is 3. The van der Waals surface area contributed by atoms with Gasteiger partial charge in [0.05, 0.1) is 5.52 Å². The Labute approximate surface area is 121 Å². The maximum atomic E-state index is 13.1. The van der Waals surface area contributed by atoms with Gasteiger partial charge in [-0.1, -0.05) is 18.2 Å². The summed E-state index contributed by atoms with van der Waals surface area (Å²) in [4.78, 5) is 16.3. The Balaban J connectivity index is 1.74. The van der Waals surface area contributed by atoms with E-state index in [0.717, 1.165) is 16.5 Å². The Kier molecular flexibility index (Phi) is 3.60. The molecule has 1 N–H and O–H groups in total. The number of carbonyl (C=O) groups excluding carboxylic acids is 1. The number of fused-ring (bicyclic) bond motifs is 1. The molecule has 0 aliphatic heterocycles. The van der Waals surface area contributed by atoms with Crippen LogP contribution in [0.25, 0.3) is 10.9 Å². The summed E-state index contributed by atoms with van der Waals surface area (Å²) in [6, 6.07) is 15.3. The molecule has 104 valence electrons. The third kappa shape index (κ3) is 3.05. The number of hydrogen-bond acceptors (Lipinski definition) is 2. The van der Waals surface area contributed by atoms with Crippen molar-refractivity contribution in [2.24, 2.45) is 0 Å². The Morgan fingerprint density at radius 3 is 2.86 bits per heavy atom. The lowest BCUT2D eigenvalue weighted by atomic mass is 10.1. The Morgan fingerprint density at radius 2 is 2.00 bits per heavy atom. The van der Waals surface area contributed by atoms with Crippen LogP contribution in [0.5, 0.6) is 0 Å². The first-order valence-corrected chi connectivity index (χ1v) is 6.60. The molecule has 1 heterocycles. The van der Waals surface area contributed by atoms with Crippen LogP contribution < -0.4 is 5.32 Å². The van der Waals surface area contributed by atoms with E-state index < -0.39 is 0 Å². The number of nitrogens with one attached hydrogen (secondary N) is 1. The van der Waals surface area contributed by atoms with E-state index in [0.29, 0.717) is 12.1 Å². The Bertz CT molecular complexity index is 801. The average Bonchev–Trinajstić information content (AvgIpc) is 2.52. The number of carbonyl (C=O) groups is 1. The van der Waals surface area contributed by atoms with Crippen molar-refractivity contribution in [2.45, 2.75) is 6.54 Å². The van der Waals surface area contributed by atoms with Crippen LogP contribution in [-0.4, -0.2) is 10.9 Å². The zero-order valence-electron chi connectivity index (χ0n) is 11.2. The Hall–Kier alpha value is -2.75. The second-order valence-electron chi connectivity index (χ2n) is 4.72. The minimum atomic E-state index is -0.307. The zero-order valence-corrected chi connectivity index (χ0v) is 11.2. The van der Waals surface area contributed by atoms with Crippen LogP contribution in [0.1, 0.15) is 15.9 Å². The molecule has 3 nitrogen and oxygen atoms in total. The molecule has 3 aromatic rings. The van der Waals surface area contributed by atoms with E-state index in [1.165, 1.54) is 12.1 Å². The molecular weight excluding hydrogens is 267 g/mol. The molecule has 4 heteroatoms. The highest BCUT2D eigenvalue weighted by Gasteiger charge is 2.06. The molecule has 0 aliphatic carbocycles. The van der Waals surface area contributed by atoms with Gasteiger partial charge in [0.15, 0.2) is 0 Å². The highest BCUT2D eigenvalue weighted by atomic mass is 19.1. The smallest absolute Gasteiger partial charge is 0.251 e. The van der Waals surface area contributed by atoms with Crippen LogP contribution in [0.2, 0.25) is 0 Å². The molecule has 1 aromatic heterocycles. The lowest BCUT2D eigenvalue weighted by Crippen LogP contribution is -2.22. The molecule has 3 rings (SSSR count). The summed E-state index contributed by atoms with van der Waals surface area (Å²) in [7, 11) is 0. The van der Waals surface area contributed by atoms with Crippen molar-refractivity contribution in [1.82, 2.24) is 10.3 Å². The third-order valence-corrected chi connectivity index (χ3v) is 3.21. The van der Waals surface area contributed by atoms with Crippen LogP contribution >= 0.6 is 0 Å². The standard InChI is InChI=1S/C17H13FN2O/c18-15-5-1-3-12(9-15)11-20-17(21)14-6-7-16-13(10-14)4-2-8-19-16/h1-10H,11H2,(H,20,21). The van der Waals surface area contributed by atoms with Gasteiger partial charge in [-0.15, -0.1) is 0 Å². The minimum absolute atomic E-state index is 0.190. The van der Waals surface area contributed by atoms with E-state index in [1.54, 1.807) is 30.5 Å². The zero-order chi connectivity index (χ0) is 14.7. The molecule has 0 radical (unpaired) electrons. The second kappa shape index (κ2) is 5.71. The van der Waals surface area contributed by atoms with Crippen LogP contribution in [0, 0.1) is 5.82 Å². The summed E-state index contributed by atoms with van der Waals surface area (Å²) in [6.45, 7) is 0.293. The van der Waals surface area contributed by atoms with Crippen molar-refractivity contribution in [2.75, 3.05) is 0 Å². The first kappa shape index (κ1) is 13.2. The molecule has 0 aliphatic rings. The number of amides is 1. The molecule has 0 fully saturated rings. The summed E-state index contributed by atoms with van der Waals surface area (Å²) in [5, 5.41) is 3.69. The van der Waals surface area contributed by atoms with Crippen molar-refractivity contribution in [3.05, 3.63) is 77.7 Å². The SMILES string of the molecule is O=C(NCc1cccc(F)c1)c1ccc2ncccc2c1. The summed E-state index contributed by atoms with van der Waals surface area (Å²) >= 11 is 0. The molecule has 1 amide bonds. The van der Waals surface area contributed by atoms with E-state index in [9.17, 15) is 9.18 Å². The third-order valence-electron chi connectivity index (χ3n) is 3.21. The van der Waals surface area contributed by atoms with Crippen molar-refractivity contribution in [1.29, 1.82) is 0 Å². The maximum absolute atomic E-state index is 13.1. The fraction of sp³-hybridized carbons (Fsp3) is 0.0588. The monoisotopic (exact) mass is 280 g/mol. The van der Waals surface area contributed by atoms with E-state index >= 15 is 0 Å². The van der Waals surface area contributed by atoms with E-state index in [-0.39, 0.29) is 11.7 Å². The van der Waals surface area contributed by atoms with Crippen LogP contribution in [-0.2, 0) is 6.54 Å². The molecule has 0 saturated carbocycles. The average molecular weight is 280 g/mol. The van der Waals surface area contributed by atoms with Crippen LogP contribution in [0.15, 0.2) is 60.8 Å². The molecule has 0 spiro atoms. The number of aromatic nitrogens is 1. The number of benzene rings is 2. The van der Waals surface area contributed by atoms with Gasteiger partial charge in [0, 0.05) is 23.7 Å². The number of hydrogen-bond donors (Lipinski definition) is 1. The number of halogens is 1. The molecular formula is C17H13FN2O. The fourth-order valence-corrected chi connectivity index (χ4v) is 2.15. The molecule has 0 unspecified atom stereocenters. The van der Waals surface area contributed by atoms with Crippen LogP contribution in [0.3, 0.4) is 0 Å². The summed E-state index contributed by atoms with van der Waals surface area (Å²) < 4.78 is 13.1. The first-order chi connectivity index (χ1) is 10.2. The van der Waals surface area contributed by atoms with Gasteiger partial charge in [-0.3, -0.25) is 9.78 Å². The second-order valence-corrected chi connectivity index (χ2v) is 4.72. The van der Waals surface area contributed by atoms with Crippen molar-refractivity contribution in [3.63, 3.8) is 0 Å². The number of pyridine rings is 1. The molecule has 0 atom stereocenters. The molecule has 21 heavy (non-hydrogen) atoms. The summed E-state index contributed by atoms with van der Waals surface area (Å²) in [5.74, 6) is -0.497. The van der Waals surface area contributed by atoms with Gasteiger partial charge in [0.2, 0.25) is 0 Å². The van der Waals surface area contributed by atoms with Crippen LogP contribution in [0.4, 0.5) is 4.39 Å². The quantitative estimate of drug-likeness (QED) is 0.799. The van der Waals surface area contributed by atoms with Gasteiger partial charge in [-0.25, -0.2) is 4.39 Å². The predicted octanol–water partition coefficient (Wildman–Crippen LogP) is 3.30. The highest BCUT2D eigenvalue weighted by Crippen LogP contribution is 2.13. The maximum Gasteiger partial charge on any atom is 0.251 e. The van der Waals surface area contributed by atoms with Gasteiger partial charge in [-0.05, 0) is 42.0 Å². The van der Waals surface area contributed by atoms with E-state index in [2.05, 4.69) is 10.3 Å². The summed E-state index contributed by atoms with van der Waals surface area (Å²) in [5.41, 5.74) is 2.14. The molecule has 2 aromatic carbocycles. The van der Waals surface area contributed by atoms with E-state index in [1.807, 2.05) is 18.2 Å². The highest BCUT2D eigenvalue weighted by molar-refractivity contribution is 5.97. The molecule has 0 bridgehead atoms. The van der Waals surface area contributed by atoms with Gasteiger partial charge in [0.1, 0.15) is 5.82 Å². The van der Waals surface area contributed by atoms with Gasteiger partial charge >= 0.3 is 0 Å². The fourth-order valence-electron chi connectivity index (χ4n) is 2.15. The predicted molar refractivity (Wildman–Crippen MR) is 79.3 cm³/mol. The molecule has 0 saturated heterocycles. The van der Waals surface area contributed by atoms with Gasteiger partial charge in [0.25, 0.3) is 5.91 Å². The largest absolute Gasteiger partial charge is 0.348 e. The van der Waals surface area contributed by atoms with Crippen molar-refractivity contribution >= 4 is 16.8 Å². The Morgan fingerprint density at radius 1 is 1.10 bits per heavy atom.